The van der Waals surface area contributed by atoms with Crippen molar-refractivity contribution in [1.29, 1.82) is 0 Å². The molecule has 0 aromatic heterocycles. The van der Waals surface area contributed by atoms with Crippen LogP contribution in [-0.2, 0) is 4.74 Å². The maximum atomic E-state index is 6.22. The van der Waals surface area contributed by atoms with Gasteiger partial charge in [0.25, 0.3) is 0 Å². The lowest BCUT2D eigenvalue weighted by atomic mass is 9.75. The highest BCUT2D eigenvalue weighted by molar-refractivity contribution is 4.90. The van der Waals surface area contributed by atoms with Crippen molar-refractivity contribution in [1.82, 2.24) is 0 Å². The number of nitrogens with two attached hydrogens (primary N) is 1. The van der Waals surface area contributed by atoms with Crippen LogP contribution in [0.1, 0.15) is 44.9 Å². The fraction of sp³-hybridized carbons (Fsp3) is 1.00. The van der Waals surface area contributed by atoms with Crippen molar-refractivity contribution in [2.75, 3.05) is 7.11 Å². The van der Waals surface area contributed by atoms with Crippen LogP contribution in [0.4, 0.5) is 0 Å². The normalized spacial score (nSPS) is 44.1. The highest BCUT2D eigenvalue weighted by Crippen LogP contribution is 2.40. The van der Waals surface area contributed by atoms with Crippen LogP contribution in [0.2, 0.25) is 0 Å². The lowest BCUT2D eigenvalue weighted by Crippen LogP contribution is -2.40. The second-order valence-electron chi connectivity index (χ2n) is 4.98. The molecule has 2 heteroatoms. The van der Waals surface area contributed by atoms with E-state index in [0.717, 1.165) is 11.8 Å². The predicted octanol–water partition coefficient (Wildman–Crippen LogP) is 2.32. The number of ether oxygens (including phenoxy) is 1. The zero-order valence-electron chi connectivity index (χ0n) is 9.24. The van der Waals surface area contributed by atoms with E-state index in [-0.39, 0.29) is 0 Å². The third kappa shape index (κ3) is 1.96. The second-order valence-corrected chi connectivity index (χ2v) is 4.98. The van der Waals surface area contributed by atoms with E-state index in [1.165, 1.54) is 44.9 Å². The third-order valence-electron chi connectivity index (χ3n) is 4.23. The molecule has 0 heterocycles. The Morgan fingerprint density at radius 1 is 0.929 bits per heavy atom. The summed E-state index contributed by atoms with van der Waals surface area (Å²) < 4.78 is 5.57. The van der Waals surface area contributed by atoms with E-state index in [4.69, 9.17) is 10.5 Å². The molecule has 2 saturated carbocycles. The molecule has 0 aromatic carbocycles. The minimum Gasteiger partial charge on any atom is -0.381 e. The smallest absolute Gasteiger partial charge is 0.0602 e. The Labute approximate surface area is 87.2 Å². The van der Waals surface area contributed by atoms with Crippen LogP contribution in [0.3, 0.4) is 0 Å². The number of methoxy groups -OCH3 is 1. The van der Waals surface area contributed by atoms with Crippen molar-refractivity contribution < 1.29 is 4.74 Å². The van der Waals surface area contributed by atoms with E-state index < -0.39 is 0 Å². The lowest BCUT2D eigenvalue weighted by Gasteiger charge is -2.35. The van der Waals surface area contributed by atoms with Gasteiger partial charge >= 0.3 is 0 Å². The maximum Gasteiger partial charge on any atom is 0.0602 e. The largest absolute Gasteiger partial charge is 0.381 e. The monoisotopic (exact) mass is 197 g/mol. The molecular weight excluding hydrogens is 174 g/mol. The van der Waals surface area contributed by atoms with Gasteiger partial charge in [-0.15, -0.1) is 0 Å². The molecule has 2 nitrogen and oxygen atoms in total. The molecule has 14 heavy (non-hydrogen) atoms. The summed E-state index contributed by atoms with van der Waals surface area (Å²) in [6, 6.07) is 0.449. The summed E-state index contributed by atoms with van der Waals surface area (Å²) in [6.45, 7) is 0. The van der Waals surface area contributed by atoms with Crippen molar-refractivity contribution in [3.63, 3.8) is 0 Å². The molecule has 2 fully saturated rings. The Kier molecular flexibility index (Phi) is 3.45. The zero-order valence-corrected chi connectivity index (χ0v) is 9.24. The Balaban J connectivity index is 1.97. The third-order valence-corrected chi connectivity index (χ3v) is 4.23. The molecule has 82 valence electrons. The van der Waals surface area contributed by atoms with Gasteiger partial charge in [-0.05, 0) is 37.5 Å². The average Bonchev–Trinajstić information content (AvgIpc) is 2.66. The van der Waals surface area contributed by atoms with Gasteiger partial charge in [-0.2, -0.15) is 0 Å². The first-order chi connectivity index (χ1) is 6.83. The van der Waals surface area contributed by atoms with Gasteiger partial charge in [0.15, 0.2) is 0 Å². The summed E-state index contributed by atoms with van der Waals surface area (Å²) in [5.41, 5.74) is 6.22. The van der Waals surface area contributed by atoms with Crippen molar-refractivity contribution in [3.8, 4) is 0 Å². The quantitative estimate of drug-likeness (QED) is 0.737. The molecule has 0 saturated heterocycles. The Hall–Kier alpha value is -0.0800. The van der Waals surface area contributed by atoms with Crippen LogP contribution >= 0.6 is 0 Å². The van der Waals surface area contributed by atoms with Crippen LogP contribution in [-0.4, -0.2) is 19.3 Å². The summed E-state index contributed by atoms with van der Waals surface area (Å²) in [7, 11) is 1.86. The molecule has 4 atom stereocenters. The fourth-order valence-electron chi connectivity index (χ4n) is 3.46. The first-order valence-corrected chi connectivity index (χ1v) is 6.11. The highest BCUT2D eigenvalue weighted by Gasteiger charge is 2.37. The number of rotatable bonds is 2. The van der Waals surface area contributed by atoms with Gasteiger partial charge < -0.3 is 10.5 Å². The summed E-state index contributed by atoms with van der Waals surface area (Å²) >= 11 is 0. The van der Waals surface area contributed by atoms with E-state index in [0.29, 0.717) is 12.1 Å². The van der Waals surface area contributed by atoms with Crippen molar-refractivity contribution in [3.05, 3.63) is 0 Å². The van der Waals surface area contributed by atoms with Gasteiger partial charge in [0.05, 0.1) is 6.10 Å². The summed E-state index contributed by atoms with van der Waals surface area (Å²) in [5.74, 6) is 1.51. The van der Waals surface area contributed by atoms with Gasteiger partial charge in [-0.3, -0.25) is 0 Å². The molecule has 0 aromatic rings. The molecule has 4 unspecified atom stereocenters. The molecule has 2 aliphatic rings. The summed E-state index contributed by atoms with van der Waals surface area (Å²) in [4.78, 5) is 0. The van der Waals surface area contributed by atoms with Crippen molar-refractivity contribution in [2.45, 2.75) is 57.1 Å². The summed E-state index contributed by atoms with van der Waals surface area (Å²) in [5, 5.41) is 0. The standard InChI is InChI=1S/C12H23NO/c1-14-12-8-4-6-10(12)9-5-2-3-7-11(9)13/h9-12H,2-8,13H2,1H3. The second kappa shape index (κ2) is 4.63. The maximum absolute atomic E-state index is 6.22. The molecule has 2 rings (SSSR count). The summed E-state index contributed by atoms with van der Waals surface area (Å²) in [6.07, 6.45) is 9.73. The first-order valence-electron chi connectivity index (χ1n) is 6.11. The van der Waals surface area contributed by atoms with E-state index in [1.54, 1.807) is 0 Å². The Bertz CT molecular complexity index is 183. The Morgan fingerprint density at radius 2 is 1.64 bits per heavy atom. The Morgan fingerprint density at radius 3 is 2.36 bits per heavy atom. The number of hydrogen-bond acceptors (Lipinski definition) is 2. The van der Waals surface area contributed by atoms with Gasteiger partial charge in [-0.1, -0.05) is 19.3 Å². The van der Waals surface area contributed by atoms with Crippen LogP contribution in [0.5, 0.6) is 0 Å². The zero-order chi connectivity index (χ0) is 9.97. The lowest BCUT2D eigenvalue weighted by molar-refractivity contribution is 0.0332. The molecular formula is C12H23NO. The average molecular weight is 197 g/mol. The predicted molar refractivity (Wildman–Crippen MR) is 58.1 cm³/mol. The molecule has 0 amide bonds. The topological polar surface area (TPSA) is 35.2 Å². The van der Waals surface area contributed by atoms with Crippen LogP contribution in [0.15, 0.2) is 0 Å². The van der Waals surface area contributed by atoms with Gasteiger partial charge in [-0.25, -0.2) is 0 Å². The minimum absolute atomic E-state index is 0.449. The van der Waals surface area contributed by atoms with Crippen molar-refractivity contribution in [2.24, 2.45) is 17.6 Å². The van der Waals surface area contributed by atoms with Crippen LogP contribution in [0, 0.1) is 11.8 Å². The van der Waals surface area contributed by atoms with Crippen molar-refractivity contribution >= 4 is 0 Å². The van der Waals surface area contributed by atoms with Gasteiger partial charge in [0, 0.05) is 13.2 Å². The molecule has 2 aliphatic carbocycles. The molecule has 2 N–H and O–H groups in total. The fourth-order valence-corrected chi connectivity index (χ4v) is 3.46. The highest BCUT2D eigenvalue weighted by atomic mass is 16.5. The molecule has 0 bridgehead atoms. The molecule has 0 aliphatic heterocycles. The van der Waals surface area contributed by atoms with Crippen LogP contribution < -0.4 is 5.73 Å². The van der Waals surface area contributed by atoms with E-state index in [1.807, 2.05) is 7.11 Å². The van der Waals surface area contributed by atoms with E-state index in [9.17, 15) is 0 Å². The van der Waals surface area contributed by atoms with E-state index in [2.05, 4.69) is 0 Å². The first kappa shape index (κ1) is 10.4. The molecule has 0 radical (unpaired) electrons. The van der Waals surface area contributed by atoms with Crippen LogP contribution in [0.25, 0.3) is 0 Å². The van der Waals surface area contributed by atoms with E-state index >= 15 is 0 Å². The number of hydrogen-bond donors (Lipinski definition) is 1. The van der Waals surface area contributed by atoms with Gasteiger partial charge in [0.1, 0.15) is 0 Å². The SMILES string of the molecule is COC1CCCC1C1CCCCC1N. The van der Waals surface area contributed by atoms with Gasteiger partial charge in [0.2, 0.25) is 0 Å². The minimum atomic E-state index is 0.449. The molecule has 0 spiro atoms.